The van der Waals surface area contributed by atoms with E-state index in [0.29, 0.717) is 24.0 Å². The number of nitrogens with one attached hydrogen (secondary N) is 4. The Morgan fingerprint density at radius 1 is 0.682 bits per heavy atom. The van der Waals surface area contributed by atoms with Gasteiger partial charge in [0.25, 0.3) is 0 Å². The number of fused-ring (bicyclic) bond motifs is 2. The van der Waals surface area contributed by atoms with Crippen LogP contribution in [0.3, 0.4) is 0 Å². The second kappa shape index (κ2) is 13.1. The molecule has 0 radical (unpaired) electrons. The smallest absolute Gasteiger partial charge is 0.246 e. The first-order valence-electron chi connectivity index (χ1n) is 16.4. The molecule has 2 atom stereocenters. The van der Waals surface area contributed by atoms with Crippen LogP contribution in [0.25, 0.3) is 0 Å². The highest BCUT2D eigenvalue weighted by molar-refractivity contribution is 6.03. The van der Waals surface area contributed by atoms with E-state index >= 15 is 0 Å². The Bertz CT molecular complexity index is 1270. The van der Waals surface area contributed by atoms with Crippen molar-refractivity contribution in [2.24, 2.45) is 11.8 Å². The van der Waals surface area contributed by atoms with Gasteiger partial charge in [0, 0.05) is 26.2 Å². The average Bonchev–Trinajstić information content (AvgIpc) is 2.94. The molecule has 6 rings (SSSR count). The van der Waals surface area contributed by atoms with Crippen LogP contribution in [-0.2, 0) is 9.59 Å². The van der Waals surface area contributed by atoms with Crippen LogP contribution < -0.4 is 31.1 Å². The Balaban J connectivity index is 0.000000175. The molecule has 4 heterocycles. The minimum absolute atomic E-state index is 0.0104. The molecule has 0 unspecified atom stereocenters. The molecule has 2 aliphatic carbocycles. The van der Waals surface area contributed by atoms with E-state index < -0.39 is 0 Å². The van der Waals surface area contributed by atoms with Gasteiger partial charge in [-0.15, -0.1) is 0 Å². The fourth-order valence-corrected chi connectivity index (χ4v) is 6.58. The summed E-state index contributed by atoms with van der Waals surface area (Å²) in [6, 6.07) is 0.532. The first kappa shape index (κ1) is 31.7. The zero-order valence-electron chi connectivity index (χ0n) is 27.6. The van der Waals surface area contributed by atoms with Gasteiger partial charge in [0.15, 0.2) is 11.6 Å². The van der Waals surface area contributed by atoms with E-state index in [1.165, 1.54) is 51.4 Å². The third-order valence-corrected chi connectivity index (χ3v) is 9.76. The predicted octanol–water partition coefficient (Wildman–Crippen LogP) is 5.10. The zero-order valence-corrected chi connectivity index (χ0v) is 27.6. The van der Waals surface area contributed by atoms with Crippen LogP contribution in [0.4, 0.5) is 34.9 Å². The second-order valence-electron chi connectivity index (χ2n) is 13.1. The fraction of sp³-hybridized carbons (Fsp3) is 0.688. The molecular weight excluding hydrogens is 556 g/mol. The minimum atomic E-state index is -0.215. The van der Waals surface area contributed by atoms with Gasteiger partial charge in [-0.05, 0) is 65.2 Å². The van der Waals surface area contributed by atoms with Crippen molar-refractivity contribution in [2.75, 3.05) is 45.2 Å². The predicted molar refractivity (Wildman–Crippen MR) is 177 cm³/mol. The van der Waals surface area contributed by atoms with Gasteiger partial charge in [-0.3, -0.25) is 9.59 Å². The van der Waals surface area contributed by atoms with Gasteiger partial charge in [0.05, 0.1) is 11.4 Å². The highest BCUT2D eigenvalue weighted by Gasteiger charge is 2.34. The Morgan fingerprint density at radius 2 is 1.05 bits per heavy atom. The number of aryl methyl sites for hydroxylation is 2. The van der Waals surface area contributed by atoms with Crippen molar-refractivity contribution in [3.63, 3.8) is 0 Å². The summed E-state index contributed by atoms with van der Waals surface area (Å²) in [4.78, 5) is 45.9. The maximum absolute atomic E-state index is 11.9. The van der Waals surface area contributed by atoms with E-state index in [9.17, 15) is 9.59 Å². The van der Waals surface area contributed by atoms with Crippen LogP contribution >= 0.6 is 0 Å². The highest BCUT2D eigenvalue weighted by atomic mass is 16.2. The lowest BCUT2D eigenvalue weighted by Crippen LogP contribution is -2.45. The summed E-state index contributed by atoms with van der Waals surface area (Å²) in [5.41, 5.74) is 3.08. The molecule has 0 bridgehead atoms. The number of anilines is 6. The Morgan fingerprint density at radius 3 is 1.39 bits per heavy atom. The molecule has 4 aliphatic rings. The molecule has 2 aromatic heterocycles. The standard InChI is InChI=1S/2C16H25N5O/c2*1-5-6-11-7-12(8-11)18-16-17-9(2)13-14(20-16)21(4)10(3)15(22)19-13/h2*10-12H,5-8H2,1-4H3,(H,19,22)(H,17,18,20)/t2*10-,11?,12?/m00/s1. The maximum Gasteiger partial charge on any atom is 0.246 e. The molecule has 2 aliphatic heterocycles. The van der Waals surface area contributed by atoms with Crippen molar-refractivity contribution in [2.45, 2.75) is 117 Å². The summed E-state index contributed by atoms with van der Waals surface area (Å²) in [5.74, 6) is 4.62. The van der Waals surface area contributed by atoms with Gasteiger partial charge >= 0.3 is 0 Å². The quantitative estimate of drug-likeness (QED) is 0.321. The van der Waals surface area contributed by atoms with Gasteiger partial charge in [0.1, 0.15) is 23.5 Å². The van der Waals surface area contributed by atoms with Crippen LogP contribution in [-0.4, -0.2) is 70.0 Å². The lowest BCUT2D eigenvalue weighted by atomic mass is 9.78. The van der Waals surface area contributed by atoms with Crippen LogP contribution in [0.1, 0.15) is 90.4 Å². The number of hydrogen-bond acceptors (Lipinski definition) is 10. The zero-order chi connectivity index (χ0) is 31.7. The number of likely N-dealkylation sites (N-methyl/N-ethyl adjacent to an activating group) is 2. The van der Waals surface area contributed by atoms with Crippen LogP contribution in [0.5, 0.6) is 0 Å². The minimum Gasteiger partial charge on any atom is -0.351 e. The normalized spacial score (nSPS) is 27.0. The molecule has 2 fully saturated rings. The molecule has 0 aromatic carbocycles. The number of amides is 2. The summed E-state index contributed by atoms with van der Waals surface area (Å²) in [6.45, 7) is 12.1. The molecule has 2 amide bonds. The van der Waals surface area contributed by atoms with E-state index in [1.54, 1.807) is 0 Å². The Kier molecular flexibility index (Phi) is 9.45. The van der Waals surface area contributed by atoms with Crippen molar-refractivity contribution >= 4 is 46.7 Å². The third-order valence-electron chi connectivity index (χ3n) is 9.76. The molecule has 12 heteroatoms. The number of hydrogen-bond donors (Lipinski definition) is 4. The van der Waals surface area contributed by atoms with E-state index in [0.717, 1.165) is 46.2 Å². The summed E-state index contributed by atoms with van der Waals surface area (Å²) in [5, 5.41) is 12.7. The van der Waals surface area contributed by atoms with Crippen molar-refractivity contribution in [3.05, 3.63) is 11.4 Å². The van der Waals surface area contributed by atoms with Crippen molar-refractivity contribution in [1.82, 2.24) is 19.9 Å². The van der Waals surface area contributed by atoms with Crippen molar-refractivity contribution in [1.29, 1.82) is 0 Å². The molecule has 2 aromatic rings. The van der Waals surface area contributed by atoms with E-state index in [-0.39, 0.29) is 23.9 Å². The topological polar surface area (TPSA) is 140 Å². The summed E-state index contributed by atoms with van der Waals surface area (Å²) in [7, 11) is 3.80. The van der Waals surface area contributed by atoms with E-state index in [4.69, 9.17) is 0 Å². The van der Waals surface area contributed by atoms with Crippen molar-refractivity contribution < 1.29 is 9.59 Å². The van der Waals surface area contributed by atoms with Crippen LogP contribution in [0.2, 0.25) is 0 Å². The van der Waals surface area contributed by atoms with E-state index in [2.05, 4.69) is 55.1 Å². The largest absolute Gasteiger partial charge is 0.351 e. The number of rotatable bonds is 8. The molecular formula is C32H50N10O2. The van der Waals surface area contributed by atoms with E-state index in [1.807, 2.05) is 51.6 Å². The summed E-state index contributed by atoms with van der Waals surface area (Å²) < 4.78 is 0. The fourth-order valence-electron chi connectivity index (χ4n) is 6.58. The van der Waals surface area contributed by atoms with Crippen LogP contribution in [0, 0.1) is 25.7 Å². The van der Waals surface area contributed by atoms with Crippen molar-refractivity contribution in [3.8, 4) is 0 Å². The molecule has 12 nitrogen and oxygen atoms in total. The lowest BCUT2D eigenvalue weighted by Gasteiger charge is -2.37. The Hall–Kier alpha value is -3.70. The SMILES string of the molecule is CCCC1CC(Nc2nc(C)c3c(n2)N(C)[C@@H](C)C(=O)N3)C1.CCCC1CC(Nc2nc(C)c3c(n2)N(C)[C@@H](C)C(=O)N3)C1. The highest BCUT2D eigenvalue weighted by Crippen LogP contribution is 2.37. The molecule has 44 heavy (non-hydrogen) atoms. The van der Waals surface area contributed by atoms with Gasteiger partial charge in [-0.25, -0.2) is 9.97 Å². The number of carbonyl (C=O) groups excluding carboxylic acids is 2. The molecule has 2 saturated carbocycles. The molecule has 0 saturated heterocycles. The molecule has 0 spiro atoms. The number of nitrogens with zero attached hydrogens (tertiary/aromatic N) is 6. The Labute approximate surface area is 261 Å². The third kappa shape index (κ3) is 6.53. The van der Waals surface area contributed by atoms with Gasteiger partial charge in [0.2, 0.25) is 23.7 Å². The maximum atomic E-state index is 11.9. The average molecular weight is 607 g/mol. The molecule has 4 N–H and O–H groups in total. The van der Waals surface area contributed by atoms with Gasteiger partial charge in [-0.1, -0.05) is 39.5 Å². The lowest BCUT2D eigenvalue weighted by molar-refractivity contribution is -0.118. The van der Waals surface area contributed by atoms with Crippen LogP contribution in [0.15, 0.2) is 0 Å². The monoisotopic (exact) mass is 606 g/mol. The first-order chi connectivity index (χ1) is 21.0. The van der Waals surface area contributed by atoms with Gasteiger partial charge < -0.3 is 31.1 Å². The second-order valence-corrected chi connectivity index (χ2v) is 13.1. The summed E-state index contributed by atoms with van der Waals surface area (Å²) >= 11 is 0. The van der Waals surface area contributed by atoms with Gasteiger partial charge in [-0.2, -0.15) is 9.97 Å². The number of carbonyl (C=O) groups is 2. The first-order valence-corrected chi connectivity index (χ1v) is 16.4. The molecule has 240 valence electrons. The number of aromatic nitrogens is 4. The summed E-state index contributed by atoms with van der Waals surface area (Å²) in [6.07, 6.45) is 9.96.